The van der Waals surface area contributed by atoms with Gasteiger partial charge in [0.2, 0.25) is 0 Å². The van der Waals surface area contributed by atoms with Gasteiger partial charge in [-0.1, -0.05) is 221 Å². The maximum absolute atomic E-state index is 12.9. The summed E-state index contributed by atoms with van der Waals surface area (Å²) in [5, 5.41) is 30.8. The van der Waals surface area contributed by atoms with Crippen molar-refractivity contribution in [3.63, 3.8) is 0 Å². The van der Waals surface area contributed by atoms with Crippen molar-refractivity contribution < 1.29 is 56.2 Å². The minimum atomic E-state index is -5.08. The largest absolute Gasteiger partial charge is 0.457 e. The highest BCUT2D eigenvalue weighted by Crippen LogP contribution is 2.26. The van der Waals surface area contributed by atoms with Crippen molar-refractivity contribution in [3.8, 4) is 0 Å². The molecule has 4 N–H and O–H groups in total. The van der Waals surface area contributed by atoms with Crippen molar-refractivity contribution >= 4 is 16.4 Å². The molecule has 404 valence electrons. The number of carbonyl (C=O) groups excluding carboxylic acids is 1. The number of ether oxygens (including phenoxy) is 4. The molecule has 6 unspecified atom stereocenters. The third-order valence-corrected chi connectivity index (χ3v) is 12.5. The molecule has 1 rings (SSSR count). The van der Waals surface area contributed by atoms with Gasteiger partial charge in [0.1, 0.15) is 30.5 Å². The van der Waals surface area contributed by atoms with Crippen LogP contribution in [0.5, 0.6) is 0 Å². The summed E-state index contributed by atoms with van der Waals surface area (Å²) in [5.41, 5.74) is 0. The number of esters is 1. The van der Waals surface area contributed by atoms with E-state index in [0.717, 1.165) is 64.2 Å². The van der Waals surface area contributed by atoms with Gasteiger partial charge >= 0.3 is 16.4 Å². The summed E-state index contributed by atoms with van der Waals surface area (Å²) < 4.78 is 59.3. The first-order valence-electron chi connectivity index (χ1n) is 27.3. The van der Waals surface area contributed by atoms with E-state index in [0.29, 0.717) is 19.4 Å². The molecule has 0 bridgehead atoms. The minimum absolute atomic E-state index is 0.0105. The van der Waals surface area contributed by atoms with E-state index in [1.807, 2.05) is 6.08 Å². The fraction of sp³-hybridized carbons (Fsp3) is 0.737. The van der Waals surface area contributed by atoms with Crippen LogP contribution in [0.4, 0.5) is 0 Å². The van der Waals surface area contributed by atoms with Crippen LogP contribution in [0.15, 0.2) is 85.1 Å². The molecule has 1 aliphatic heterocycles. The van der Waals surface area contributed by atoms with Gasteiger partial charge in [-0.05, 0) is 64.2 Å². The van der Waals surface area contributed by atoms with Crippen LogP contribution >= 0.6 is 0 Å². The molecule has 6 atom stereocenters. The van der Waals surface area contributed by atoms with Gasteiger partial charge in [0.05, 0.1) is 19.8 Å². The molecule has 0 aromatic carbocycles. The molecule has 70 heavy (non-hydrogen) atoms. The second kappa shape index (κ2) is 47.3. The normalized spacial score (nSPS) is 19.8. The number of aliphatic hydroxyl groups excluding tert-OH is 3. The summed E-state index contributed by atoms with van der Waals surface area (Å²) in [7, 11) is -5.08. The molecule has 0 aliphatic carbocycles. The Labute approximate surface area is 425 Å². The Morgan fingerprint density at radius 3 is 1.39 bits per heavy atom. The van der Waals surface area contributed by atoms with Gasteiger partial charge in [-0.25, -0.2) is 4.18 Å². The number of hydrogen-bond acceptors (Lipinski definition) is 11. The Balaban J connectivity index is 2.39. The van der Waals surface area contributed by atoms with Crippen LogP contribution in [0.3, 0.4) is 0 Å². The van der Waals surface area contributed by atoms with Gasteiger partial charge in [0.25, 0.3) is 0 Å². The summed E-state index contributed by atoms with van der Waals surface area (Å²) in [6.45, 7) is 3.83. The topological polar surface area (TPSA) is 178 Å². The van der Waals surface area contributed by atoms with Crippen LogP contribution in [0.1, 0.15) is 206 Å². The van der Waals surface area contributed by atoms with E-state index in [9.17, 15) is 33.1 Å². The first-order chi connectivity index (χ1) is 34.1. The second-order valence-electron chi connectivity index (χ2n) is 18.4. The zero-order valence-corrected chi connectivity index (χ0v) is 44.4. The minimum Gasteiger partial charge on any atom is -0.457 e. The van der Waals surface area contributed by atoms with Crippen LogP contribution in [0, 0.1) is 0 Å². The summed E-state index contributed by atoms with van der Waals surface area (Å²) in [6.07, 6.45) is 54.8. The maximum atomic E-state index is 12.9. The van der Waals surface area contributed by atoms with Gasteiger partial charge in [0.15, 0.2) is 6.29 Å². The molecule has 0 aromatic rings. The van der Waals surface area contributed by atoms with Crippen molar-refractivity contribution in [2.45, 2.75) is 243 Å². The zero-order valence-electron chi connectivity index (χ0n) is 43.6. The second-order valence-corrected chi connectivity index (χ2v) is 19.5. The molecule has 1 aliphatic rings. The average molecular weight is 1010 g/mol. The van der Waals surface area contributed by atoms with E-state index in [2.05, 4.69) is 97.0 Å². The smallest absolute Gasteiger partial charge is 0.397 e. The first-order valence-corrected chi connectivity index (χ1v) is 28.7. The molecule has 0 amide bonds. The van der Waals surface area contributed by atoms with Gasteiger partial charge in [-0.2, -0.15) is 8.42 Å². The van der Waals surface area contributed by atoms with Crippen molar-refractivity contribution in [2.75, 3.05) is 26.4 Å². The number of unbranched alkanes of at least 4 members (excludes halogenated alkanes) is 20. The SMILES string of the molecule is CC/C=C\C/C=C\C/C=C\C/C=C\C/C=C\C/C=C\C/C=C\CCCC(=O)OC(COCCCCCCCCCCCCCCCCCCCCCC)COC1OC(CO)C(O)C(OS(=O)(=O)O)C1O. The monoisotopic (exact) mass is 1010 g/mol. The van der Waals surface area contributed by atoms with Crippen LogP contribution in [-0.2, 0) is 38.3 Å². The van der Waals surface area contributed by atoms with Gasteiger partial charge < -0.3 is 34.3 Å². The first kappa shape index (κ1) is 65.3. The van der Waals surface area contributed by atoms with Crippen LogP contribution in [0.25, 0.3) is 0 Å². The molecule has 1 heterocycles. The highest BCUT2D eigenvalue weighted by atomic mass is 32.3. The molecule has 0 saturated carbocycles. The van der Waals surface area contributed by atoms with Crippen LogP contribution in [-0.4, -0.2) is 97.5 Å². The lowest BCUT2D eigenvalue weighted by atomic mass is 9.99. The molecule has 0 radical (unpaired) electrons. The van der Waals surface area contributed by atoms with Crippen LogP contribution in [0.2, 0.25) is 0 Å². The van der Waals surface area contributed by atoms with E-state index in [4.69, 9.17) is 18.9 Å². The number of carbonyl (C=O) groups is 1. The van der Waals surface area contributed by atoms with E-state index < -0.39 is 59.8 Å². The van der Waals surface area contributed by atoms with Crippen molar-refractivity contribution in [2.24, 2.45) is 0 Å². The third-order valence-electron chi connectivity index (χ3n) is 12.0. The molecule has 1 fully saturated rings. The lowest BCUT2D eigenvalue weighted by Crippen LogP contribution is -2.60. The lowest BCUT2D eigenvalue weighted by Gasteiger charge is -2.41. The summed E-state index contributed by atoms with van der Waals surface area (Å²) in [6, 6.07) is 0. The highest BCUT2D eigenvalue weighted by molar-refractivity contribution is 7.80. The molecular formula is C57H98O12S. The quantitative estimate of drug-likeness (QED) is 0.0197. The lowest BCUT2D eigenvalue weighted by molar-refractivity contribution is -0.301. The number of hydrogen-bond donors (Lipinski definition) is 4. The zero-order chi connectivity index (χ0) is 51.0. The van der Waals surface area contributed by atoms with Gasteiger partial charge in [-0.3, -0.25) is 9.35 Å². The van der Waals surface area contributed by atoms with Crippen molar-refractivity contribution in [1.82, 2.24) is 0 Å². The fourth-order valence-electron chi connectivity index (χ4n) is 7.96. The fourth-order valence-corrected chi connectivity index (χ4v) is 8.47. The standard InChI is InChI=1S/C57H98O12S/c1-3-5-7-9-11-13-15-17-19-21-23-25-26-27-28-30-32-34-36-38-40-42-44-46-53(59)67-51(50-66-57-55(61)56(69-70(62,63)64)54(60)52(48-58)68-57)49-65-47-45-43-41-39-37-35-33-31-29-24-22-20-18-16-14-12-10-8-6-4-2/h5,7,11,13,17,19,23,25,27-28,32,34,38,40,51-52,54-58,60-61H,3-4,6,8-10,12,14-16,18,20-22,24,26,29-31,33,35-37,39,41-50H2,1-2H3,(H,62,63,64)/b7-5-,13-11-,19-17-,25-23-,28-27-,34-32-,40-38-. The molecular weight excluding hydrogens is 909 g/mol. The number of aliphatic hydroxyl groups is 3. The van der Waals surface area contributed by atoms with Crippen LogP contribution < -0.4 is 0 Å². The molecule has 0 spiro atoms. The van der Waals surface area contributed by atoms with E-state index in [-0.39, 0.29) is 19.6 Å². The Hall–Kier alpha value is -2.72. The Bertz CT molecular complexity index is 1540. The third kappa shape index (κ3) is 39.8. The van der Waals surface area contributed by atoms with E-state index in [1.165, 1.54) is 109 Å². The molecule has 0 aromatic heterocycles. The highest BCUT2D eigenvalue weighted by Gasteiger charge is 2.48. The van der Waals surface area contributed by atoms with Gasteiger partial charge in [-0.15, -0.1) is 0 Å². The van der Waals surface area contributed by atoms with E-state index >= 15 is 0 Å². The number of allylic oxidation sites excluding steroid dienone is 14. The predicted octanol–water partition coefficient (Wildman–Crippen LogP) is 13.2. The Morgan fingerprint density at radius 2 is 0.971 bits per heavy atom. The van der Waals surface area contributed by atoms with Crippen molar-refractivity contribution in [3.05, 3.63) is 85.1 Å². The maximum Gasteiger partial charge on any atom is 0.397 e. The van der Waals surface area contributed by atoms with E-state index in [1.54, 1.807) is 0 Å². The van der Waals surface area contributed by atoms with Gasteiger partial charge in [0, 0.05) is 13.0 Å². The Kier molecular flexibility index (Phi) is 44.1. The predicted molar refractivity (Wildman–Crippen MR) is 285 cm³/mol. The molecule has 13 heteroatoms. The number of rotatable bonds is 47. The average Bonchev–Trinajstić information content (AvgIpc) is 3.34. The molecule has 1 saturated heterocycles. The summed E-state index contributed by atoms with van der Waals surface area (Å²) in [4.78, 5) is 12.9. The summed E-state index contributed by atoms with van der Waals surface area (Å²) in [5.74, 6) is -0.456. The summed E-state index contributed by atoms with van der Waals surface area (Å²) >= 11 is 0. The molecule has 12 nitrogen and oxygen atoms in total. The van der Waals surface area contributed by atoms with Crippen molar-refractivity contribution in [1.29, 1.82) is 0 Å². The Morgan fingerprint density at radius 1 is 0.557 bits per heavy atom.